The predicted octanol–water partition coefficient (Wildman–Crippen LogP) is 2.78. The van der Waals surface area contributed by atoms with Gasteiger partial charge < -0.3 is 4.43 Å². The number of hydrogen-bond donors (Lipinski definition) is 0. The minimum Gasteiger partial charge on any atom is -0.416 e. The molecule has 0 fully saturated rings. The van der Waals surface area contributed by atoms with Gasteiger partial charge in [-0.2, -0.15) is 0 Å². The third-order valence-electron chi connectivity index (χ3n) is 1.63. The molecule has 0 aromatic heterocycles. The van der Waals surface area contributed by atoms with E-state index in [2.05, 4.69) is 20.0 Å². The Kier molecular flexibility index (Phi) is 4.57. The van der Waals surface area contributed by atoms with Crippen LogP contribution in [-0.4, -0.2) is 19.9 Å². The summed E-state index contributed by atoms with van der Waals surface area (Å²) in [5.74, 6) is 0. The van der Waals surface area contributed by atoms with Gasteiger partial charge in [0.2, 0.25) is 8.32 Å². The third kappa shape index (κ3) is 3.04. The van der Waals surface area contributed by atoms with E-state index in [0.29, 0.717) is 0 Å². The summed E-state index contributed by atoms with van der Waals surface area (Å²) in [6.07, 6.45) is 1.01. The lowest BCUT2D eigenvalue weighted by atomic mass is 10.6. The van der Waals surface area contributed by atoms with Gasteiger partial charge in [-0.05, 0) is 26.4 Å². The van der Waals surface area contributed by atoms with E-state index in [4.69, 9.17) is 16.0 Å². The van der Waals surface area contributed by atoms with Crippen molar-refractivity contribution in [2.75, 3.05) is 6.61 Å². The standard InChI is InChI=1S/C7H17ClOSi/c1-5-7(8)10(3,4)9-6-2/h7H,5-6H2,1-4H3. The van der Waals surface area contributed by atoms with Crippen LogP contribution in [0.25, 0.3) is 0 Å². The molecule has 0 aromatic carbocycles. The molecule has 0 aliphatic rings. The van der Waals surface area contributed by atoms with Crippen LogP contribution in [0.15, 0.2) is 0 Å². The first-order valence-corrected chi connectivity index (χ1v) is 7.24. The van der Waals surface area contributed by atoms with Crippen molar-refractivity contribution in [2.24, 2.45) is 0 Å². The van der Waals surface area contributed by atoms with Crippen LogP contribution >= 0.6 is 11.6 Å². The summed E-state index contributed by atoms with van der Waals surface area (Å²) < 4.78 is 5.59. The molecule has 0 bridgehead atoms. The van der Waals surface area contributed by atoms with Gasteiger partial charge in [-0.1, -0.05) is 6.92 Å². The normalized spacial score (nSPS) is 15.3. The molecule has 62 valence electrons. The number of rotatable bonds is 4. The zero-order chi connectivity index (χ0) is 8.20. The largest absolute Gasteiger partial charge is 0.416 e. The Morgan fingerprint density at radius 3 is 2.20 bits per heavy atom. The zero-order valence-electron chi connectivity index (χ0n) is 7.28. The highest BCUT2D eigenvalue weighted by Gasteiger charge is 2.30. The topological polar surface area (TPSA) is 9.23 Å². The van der Waals surface area contributed by atoms with E-state index >= 15 is 0 Å². The molecule has 1 unspecified atom stereocenters. The molecule has 0 spiro atoms. The molecule has 0 aromatic rings. The molecule has 3 heteroatoms. The van der Waals surface area contributed by atoms with Crippen LogP contribution in [-0.2, 0) is 4.43 Å². The summed E-state index contributed by atoms with van der Waals surface area (Å²) in [6.45, 7) is 9.25. The van der Waals surface area contributed by atoms with Crippen molar-refractivity contribution >= 4 is 19.9 Å². The number of hydrogen-bond acceptors (Lipinski definition) is 1. The minimum absolute atomic E-state index is 0.257. The van der Waals surface area contributed by atoms with Gasteiger partial charge in [0.05, 0.1) is 5.00 Å². The van der Waals surface area contributed by atoms with Crippen molar-refractivity contribution in [3.8, 4) is 0 Å². The summed E-state index contributed by atoms with van der Waals surface area (Å²) in [5, 5.41) is 0.257. The molecule has 10 heavy (non-hydrogen) atoms. The van der Waals surface area contributed by atoms with Crippen LogP contribution in [0.4, 0.5) is 0 Å². The highest BCUT2D eigenvalue weighted by molar-refractivity contribution is 6.79. The van der Waals surface area contributed by atoms with Crippen molar-refractivity contribution < 1.29 is 4.43 Å². The molecule has 1 nitrogen and oxygen atoms in total. The second-order valence-electron chi connectivity index (χ2n) is 2.91. The summed E-state index contributed by atoms with van der Waals surface area (Å²) >= 11 is 6.07. The second kappa shape index (κ2) is 4.37. The van der Waals surface area contributed by atoms with E-state index in [0.717, 1.165) is 13.0 Å². The van der Waals surface area contributed by atoms with Crippen LogP contribution in [0.5, 0.6) is 0 Å². The zero-order valence-corrected chi connectivity index (χ0v) is 9.03. The molecule has 0 heterocycles. The predicted molar refractivity (Wildman–Crippen MR) is 49.0 cm³/mol. The number of alkyl halides is 1. The van der Waals surface area contributed by atoms with Crippen LogP contribution < -0.4 is 0 Å². The van der Waals surface area contributed by atoms with Gasteiger partial charge in [-0.15, -0.1) is 11.6 Å². The Hall–Kier alpha value is 0.467. The lowest BCUT2D eigenvalue weighted by molar-refractivity contribution is 0.326. The second-order valence-corrected chi connectivity index (χ2v) is 8.00. The van der Waals surface area contributed by atoms with Gasteiger partial charge in [-0.3, -0.25) is 0 Å². The van der Waals surface area contributed by atoms with E-state index in [1.54, 1.807) is 0 Å². The quantitative estimate of drug-likeness (QED) is 0.478. The summed E-state index contributed by atoms with van der Waals surface area (Å²) in [6, 6.07) is 0. The summed E-state index contributed by atoms with van der Waals surface area (Å²) in [7, 11) is -1.54. The fourth-order valence-electron chi connectivity index (χ4n) is 0.954. The molecule has 0 radical (unpaired) electrons. The van der Waals surface area contributed by atoms with Crippen LogP contribution in [0.3, 0.4) is 0 Å². The maximum atomic E-state index is 6.07. The first kappa shape index (κ1) is 10.5. The summed E-state index contributed by atoms with van der Waals surface area (Å²) in [4.78, 5) is 0. The Bertz CT molecular complexity index is 95.6. The molecule has 1 atom stereocenters. The molecule has 0 saturated carbocycles. The maximum absolute atomic E-state index is 6.07. The van der Waals surface area contributed by atoms with Crippen molar-refractivity contribution in [3.05, 3.63) is 0 Å². The van der Waals surface area contributed by atoms with E-state index in [1.165, 1.54) is 0 Å². The summed E-state index contributed by atoms with van der Waals surface area (Å²) in [5.41, 5.74) is 0. The molecule has 0 N–H and O–H groups in total. The van der Waals surface area contributed by atoms with Crippen LogP contribution in [0.2, 0.25) is 13.1 Å². The molecule has 0 aliphatic heterocycles. The highest BCUT2D eigenvalue weighted by atomic mass is 35.5. The molecule has 0 saturated heterocycles. The smallest absolute Gasteiger partial charge is 0.204 e. The van der Waals surface area contributed by atoms with Crippen LogP contribution in [0.1, 0.15) is 20.3 Å². The fraction of sp³-hybridized carbons (Fsp3) is 1.00. The highest BCUT2D eigenvalue weighted by Crippen LogP contribution is 2.18. The van der Waals surface area contributed by atoms with E-state index in [-0.39, 0.29) is 5.00 Å². The van der Waals surface area contributed by atoms with Gasteiger partial charge in [0.1, 0.15) is 0 Å². The molecular weight excluding hydrogens is 164 g/mol. The van der Waals surface area contributed by atoms with Crippen molar-refractivity contribution in [1.29, 1.82) is 0 Å². The van der Waals surface area contributed by atoms with Crippen molar-refractivity contribution in [1.82, 2.24) is 0 Å². The molecule has 0 amide bonds. The Morgan fingerprint density at radius 2 is 1.90 bits per heavy atom. The van der Waals surface area contributed by atoms with E-state index < -0.39 is 8.32 Å². The number of halogens is 1. The lowest BCUT2D eigenvalue weighted by Gasteiger charge is -2.26. The third-order valence-corrected chi connectivity index (χ3v) is 6.46. The SMILES string of the molecule is CCO[Si](C)(C)C(Cl)CC. The van der Waals surface area contributed by atoms with Crippen molar-refractivity contribution in [3.63, 3.8) is 0 Å². The van der Waals surface area contributed by atoms with Gasteiger partial charge in [0, 0.05) is 6.61 Å². The van der Waals surface area contributed by atoms with Gasteiger partial charge in [-0.25, -0.2) is 0 Å². The minimum atomic E-state index is -1.54. The fourth-order valence-corrected chi connectivity index (χ4v) is 3.05. The monoisotopic (exact) mass is 180 g/mol. The first-order chi connectivity index (χ1) is 4.54. The van der Waals surface area contributed by atoms with Gasteiger partial charge >= 0.3 is 0 Å². The average molecular weight is 181 g/mol. The van der Waals surface area contributed by atoms with Crippen LogP contribution in [0, 0.1) is 0 Å². The van der Waals surface area contributed by atoms with E-state index in [1.807, 2.05) is 6.92 Å². The molecule has 0 rings (SSSR count). The van der Waals surface area contributed by atoms with Gasteiger partial charge in [0.25, 0.3) is 0 Å². The van der Waals surface area contributed by atoms with E-state index in [9.17, 15) is 0 Å². The van der Waals surface area contributed by atoms with Crippen molar-refractivity contribution in [2.45, 2.75) is 38.4 Å². The molecular formula is C7H17ClOSi. The lowest BCUT2D eigenvalue weighted by Crippen LogP contribution is -2.41. The Balaban J connectivity index is 3.82. The van der Waals surface area contributed by atoms with Gasteiger partial charge in [0.15, 0.2) is 0 Å². The molecule has 0 aliphatic carbocycles. The average Bonchev–Trinajstić information content (AvgIpc) is 1.86. The Morgan fingerprint density at radius 1 is 1.40 bits per heavy atom. The maximum Gasteiger partial charge on any atom is 0.204 e. The first-order valence-electron chi connectivity index (χ1n) is 3.82. The Labute approximate surface area is 69.9 Å².